The van der Waals surface area contributed by atoms with Crippen molar-refractivity contribution >= 4 is 0 Å². The molecule has 0 spiro atoms. The van der Waals surface area contributed by atoms with E-state index >= 15 is 0 Å². The van der Waals surface area contributed by atoms with E-state index in [1.165, 1.54) is 24.8 Å². The number of hydrogen-bond acceptors (Lipinski definition) is 2. The number of aliphatic hydroxyl groups is 1. The van der Waals surface area contributed by atoms with Crippen LogP contribution in [0.1, 0.15) is 44.1 Å². The van der Waals surface area contributed by atoms with Gasteiger partial charge in [-0.2, -0.15) is 0 Å². The lowest BCUT2D eigenvalue weighted by molar-refractivity contribution is 0.0703. The summed E-state index contributed by atoms with van der Waals surface area (Å²) in [6.07, 6.45) is 8.06. The molecule has 0 radical (unpaired) electrons. The van der Waals surface area contributed by atoms with Gasteiger partial charge in [-0.25, -0.2) is 0 Å². The van der Waals surface area contributed by atoms with Crippen molar-refractivity contribution in [2.75, 3.05) is 0 Å². The van der Waals surface area contributed by atoms with Crippen LogP contribution in [0, 0.1) is 5.92 Å². The Morgan fingerprint density at radius 3 is 2.83 bits per heavy atom. The maximum Gasteiger partial charge on any atom is 0.123 e. The van der Waals surface area contributed by atoms with Crippen LogP contribution < -0.4 is 4.74 Å². The van der Waals surface area contributed by atoms with E-state index in [0.717, 1.165) is 31.4 Å². The summed E-state index contributed by atoms with van der Waals surface area (Å²) in [4.78, 5) is 0. The molecule has 18 heavy (non-hydrogen) atoms. The minimum absolute atomic E-state index is 0.111. The molecule has 3 atom stereocenters. The summed E-state index contributed by atoms with van der Waals surface area (Å²) in [6, 6.07) is 8.31. The molecule has 1 aliphatic carbocycles. The Hall–Kier alpha value is -1.02. The number of benzene rings is 1. The zero-order chi connectivity index (χ0) is 12.4. The highest BCUT2D eigenvalue weighted by Gasteiger charge is 2.29. The molecule has 2 heteroatoms. The van der Waals surface area contributed by atoms with Crippen molar-refractivity contribution in [3.05, 3.63) is 29.8 Å². The number of aliphatic hydroxyl groups excluding tert-OH is 1. The maximum atomic E-state index is 10.2. The summed E-state index contributed by atoms with van der Waals surface area (Å²) in [5.41, 5.74) is 1.32. The lowest BCUT2D eigenvalue weighted by atomic mass is 9.90. The Labute approximate surface area is 109 Å². The molecule has 0 aromatic heterocycles. The van der Waals surface area contributed by atoms with Crippen molar-refractivity contribution in [1.82, 2.24) is 0 Å². The Bertz CT molecular complexity index is 377. The standard InChI is InChI=1S/C16H22O2/c17-15-8-3-1-2-6-12(15)10-14-11-13-7-4-5-9-16(13)18-14/h4-5,7,9,12,14-15,17H,1-3,6,8,10-11H2. The van der Waals surface area contributed by atoms with Gasteiger partial charge in [0.1, 0.15) is 11.9 Å². The summed E-state index contributed by atoms with van der Waals surface area (Å²) < 4.78 is 5.99. The molecule has 2 aliphatic rings. The van der Waals surface area contributed by atoms with Gasteiger partial charge in [0, 0.05) is 6.42 Å². The van der Waals surface area contributed by atoms with Crippen LogP contribution in [0.25, 0.3) is 0 Å². The van der Waals surface area contributed by atoms with Gasteiger partial charge in [-0.1, -0.05) is 37.5 Å². The minimum Gasteiger partial charge on any atom is -0.490 e. The molecule has 1 heterocycles. The second-order valence-electron chi connectivity index (χ2n) is 5.75. The molecule has 1 aromatic rings. The molecule has 1 fully saturated rings. The zero-order valence-electron chi connectivity index (χ0n) is 10.8. The summed E-state index contributed by atoms with van der Waals surface area (Å²) >= 11 is 0. The summed E-state index contributed by atoms with van der Waals surface area (Å²) in [7, 11) is 0. The fourth-order valence-electron chi connectivity index (χ4n) is 3.36. The van der Waals surface area contributed by atoms with Crippen LogP contribution in [0.5, 0.6) is 5.75 Å². The van der Waals surface area contributed by atoms with E-state index in [4.69, 9.17) is 4.74 Å². The lowest BCUT2D eigenvalue weighted by Gasteiger charge is -2.23. The first-order valence-corrected chi connectivity index (χ1v) is 7.25. The van der Waals surface area contributed by atoms with Crippen LogP contribution in [0.15, 0.2) is 24.3 Å². The van der Waals surface area contributed by atoms with Crippen molar-refractivity contribution in [3.63, 3.8) is 0 Å². The molecule has 2 nitrogen and oxygen atoms in total. The molecule has 3 unspecified atom stereocenters. The van der Waals surface area contributed by atoms with Gasteiger partial charge in [0.25, 0.3) is 0 Å². The fraction of sp³-hybridized carbons (Fsp3) is 0.625. The highest BCUT2D eigenvalue weighted by atomic mass is 16.5. The minimum atomic E-state index is -0.111. The molecule has 0 saturated heterocycles. The predicted molar refractivity (Wildman–Crippen MR) is 71.8 cm³/mol. The third kappa shape index (κ3) is 2.54. The second kappa shape index (κ2) is 5.31. The first-order valence-electron chi connectivity index (χ1n) is 7.25. The Balaban J connectivity index is 1.61. The quantitative estimate of drug-likeness (QED) is 0.811. The van der Waals surface area contributed by atoms with Crippen molar-refractivity contribution < 1.29 is 9.84 Å². The van der Waals surface area contributed by atoms with Crippen molar-refractivity contribution in [3.8, 4) is 5.75 Å². The summed E-state index contributed by atoms with van der Waals surface area (Å²) in [6.45, 7) is 0. The molecule has 1 aromatic carbocycles. The van der Waals surface area contributed by atoms with Gasteiger partial charge in [0.2, 0.25) is 0 Å². The fourth-order valence-corrected chi connectivity index (χ4v) is 3.36. The van der Waals surface area contributed by atoms with Crippen LogP contribution in [0.3, 0.4) is 0 Å². The van der Waals surface area contributed by atoms with E-state index in [1.54, 1.807) is 0 Å². The maximum absolute atomic E-state index is 10.2. The SMILES string of the molecule is OC1CCCCCC1CC1Cc2ccccc2O1. The topological polar surface area (TPSA) is 29.5 Å². The predicted octanol–water partition coefficient (Wildman–Crippen LogP) is 3.32. The van der Waals surface area contributed by atoms with E-state index in [1.807, 2.05) is 6.07 Å². The smallest absolute Gasteiger partial charge is 0.123 e. The number of hydrogen-bond donors (Lipinski definition) is 1. The average Bonchev–Trinajstić information content (AvgIpc) is 2.68. The molecule has 1 N–H and O–H groups in total. The third-order valence-corrected chi connectivity index (χ3v) is 4.40. The van der Waals surface area contributed by atoms with E-state index in [9.17, 15) is 5.11 Å². The van der Waals surface area contributed by atoms with Gasteiger partial charge in [-0.3, -0.25) is 0 Å². The first-order chi connectivity index (χ1) is 8.83. The van der Waals surface area contributed by atoms with Gasteiger partial charge in [0.15, 0.2) is 0 Å². The van der Waals surface area contributed by atoms with E-state index in [2.05, 4.69) is 18.2 Å². The number of ether oxygens (including phenoxy) is 1. The number of fused-ring (bicyclic) bond motifs is 1. The molecule has 0 bridgehead atoms. The van der Waals surface area contributed by atoms with Crippen LogP contribution in [0.2, 0.25) is 0 Å². The lowest BCUT2D eigenvalue weighted by Crippen LogP contribution is -2.26. The summed E-state index contributed by atoms with van der Waals surface area (Å²) in [5.74, 6) is 1.48. The van der Waals surface area contributed by atoms with E-state index in [-0.39, 0.29) is 12.2 Å². The van der Waals surface area contributed by atoms with Crippen molar-refractivity contribution in [2.45, 2.75) is 57.2 Å². The van der Waals surface area contributed by atoms with Crippen LogP contribution in [-0.2, 0) is 6.42 Å². The largest absolute Gasteiger partial charge is 0.490 e. The second-order valence-corrected chi connectivity index (χ2v) is 5.75. The zero-order valence-corrected chi connectivity index (χ0v) is 10.8. The molecule has 1 aliphatic heterocycles. The molecular formula is C16H22O2. The summed E-state index contributed by atoms with van der Waals surface area (Å²) in [5, 5.41) is 10.2. The molecule has 3 rings (SSSR count). The van der Waals surface area contributed by atoms with E-state index in [0.29, 0.717) is 5.92 Å². The monoisotopic (exact) mass is 246 g/mol. The van der Waals surface area contributed by atoms with Crippen molar-refractivity contribution in [2.24, 2.45) is 5.92 Å². The molecule has 1 saturated carbocycles. The highest BCUT2D eigenvalue weighted by Crippen LogP contribution is 2.34. The number of rotatable bonds is 2. The van der Waals surface area contributed by atoms with Gasteiger partial charge in [0.05, 0.1) is 6.10 Å². The van der Waals surface area contributed by atoms with Gasteiger partial charge >= 0.3 is 0 Å². The van der Waals surface area contributed by atoms with Crippen LogP contribution in [-0.4, -0.2) is 17.3 Å². The molecule has 98 valence electrons. The highest BCUT2D eigenvalue weighted by molar-refractivity contribution is 5.37. The Morgan fingerprint density at radius 1 is 1.11 bits per heavy atom. The third-order valence-electron chi connectivity index (χ3n) is 4.40. The van der Waals surface area contributed by atoms with Gasteiger partial charge < -0.3 is 9.84 Å². The average molecular weight is 246 g/mol. The van der Waals surface area contributed by atoms with Crippen molar-refractivity contribution in [1.29, 1.82) is 0 Å². The van der Waals surface area contributed by atoms with Crippen LogP contribution in [0.4, 0.5) is 0 Å². The normalized spacial score (nSPS) is 31.5. The number of para-hydroxylation sites is 1. The van der Waals surface area contributed by atoms with Gasteiger partial charge in [-0.15, -0.1) is 0 Å². The molecule has 0 amide bonds. The Morgan fingerprint density at radius 2 is 1.94 bits per heavy atom. The first kappa shape index (κ1) is 12.0. The molecular weight excluding hydrogens is 224 g/mol. The van der Waals surface area contributed by atoms with E-state index < -0.39 is 0 Å². The van der Waals surface area contributed by atoms with Crippen LogP contribution >= 0.6 is 0 Å². The van der Waals surface area contributed by atoms with Gasteiger partial charge in [-0.05, 0) is 36.8 Å². The Kier molecular flexibility index (Phi) is 3.55.